The molecule has 0 aromatic heterocycles. The van der Waals surface area contributed by atoms with Gasteiger partial charge in [-0.1, -0.05) is 29.3 Å². The van der Waals surface area contributed by atoms with E-state index in [2.05, 4.69) is 10.9 Å². The molecule has 0 radical (unpaired) electrons. The third-order valence-electron chi connectivity index (χ3n) is 3.81. The zero-order chi connectivity index (χ0) is 20.0. The van der Waals surface area contributed by atoms with Gasteiger partial charge in [0.2, 0.25) is 0 Å². The summed E-state index contributed by atoms with van der Waals surface area (Å²) in [7, 11) is 0. The quantitative estimate of drug-likeness (QED) is 0.742. The predicted octanol–water partition coefficient (Wildman–Crippen LogP) is 3.26. The summed E-state index contributed by atoms with van der Waals surface area (Å²) in [5, 5.41) is 0.668. The zero-order valence-electron chi connectivity index (χ0n) is 15.8. The van der Waals surface area contributed by atoms with Crippen LogP contribution in [0.25, 0.3) is 0 Å². The van der Waals surface area contributed by atoms with Gasteiger partial charge in [-0.25, -0.2) is 0 Å². The molecule has 0 aliphatic heterocycles. The van der Waals surface area contributed by atoms with Gasteiger partial charge in [-0.15, -0.1) is 0 Å². The second kappa shape index (κ2) is 9.28. The number of rotatable bonds is 6. The number of halogens is 1. The van der Waals surface area contributed by atoms with Crippen molar-refractivity contribution in [2.24, 2.45) is 0 Å². The Balaban J connectivity index is 1.77. The molecule has 1 atom stereocenters. The molecule has 0 saturated carbocycles. The van der Waals surface area contributed by atoms with Crippen molar-refractivity contribution >= 4 is 23.4 Å². The van der Waals surface area contributed by atoms with E-state index in [1.54, 1.807) is 31.2 Å². The number of ether oxygens (including phenoxy) is 2. The molecule has 2 aromatic carbocycles. The van der Waals surface area contributed by atoms with Crippen LogP contribution in [0.4, 0.5) is 0 Å². The van der Waals surface area contributed by atoms with E-state index in [-0.39, 0.29) is 6.61 Å². The molecule has 2 N–H and O–H groups in total. The van der Waals surface area contributed by atoms with E-state index < -0.39 is 17.9 Å². The molecule has 2 amide bonds. The van der Waals surface area contributed by atoms with Gasteiger partial charge < -0.3 is 9.47 Å². The second-order valence-corrected chi connectivity index (χ2v) is 6.65. The Morgan fingerprint density at radius 2 is 1.59 bits per heavy atom. The lowest BCUT2D eigenvalue weighted by Crippen LogP contribution is -2.48. The van der Waals surface area contributed by atoms with Gasteiger partial charge in [-0.3, -0.25) is 20.4 Å². The van der Waals surface area contributed by atoms with Crippen LogP contribution < -0.4 is 20.3 Å². The average Bonchev–Trinajstić information content (AvgIpc) is 2.64. The van der Waals surface area contributed by atoms with Crippen LogP contribution in [0.1, 0.15) is 23.6 Å². The van der Waals surface area contributed by atoms with Crippen LogP contribution in [0.2, 0.25) is 5.02 Å². The SMILES string of the molecule is Cc1ccc(OC(C)C(=O)NNC(=O)COc2cc(C)c(Cl)c(C)c2)cc1. The fourth-order valence-electron chi connectivity index (χ4n) is 2.28. The maximum absolute atomic E-state index is 12.0. The van der Waals surface area contributed by atoms with Crippen molar-refractivity contribution in [2.75, 3.05) is 6.61 Å². The van der Waals surface area contributed by atoms with Crippen molar-refractivity contribution in [3.63, 3.8) is 0 Å². The van der Waals surface area contributed by atoms with E-state index >= 15 is 0 Å². The number of carbonyl (C=O) groups excluding carboxylic acids is 2. The van der Waals surface area contributed by atoms with Gasteiger partial charge in [0.25, 0.3) is 11.8 Å². The number of carbonyl (C=O) groups is 2. The number of aryl methyl sites for hydroxylation is 3. The van der Waals surface area contributed by atoms with E-state index in [4.69, 9.17) is 21.1 Å². The molecular formula is C20H23ClN2O4. The van der Waals surface area contributed by atoms with Gasteiger partial charge in [-0.2, -0.15) is 0 Å². The minimum absolute atomic E-state index is 0.242. The molecule has 144 valence electrons. The molecule has 2 aromatic rings. The van der Waals surface area contributed by atoms with E-state index in [1.807, 2.05) is 32.9 Å². The molecular weight excluding hydrogens is 368 g/mol. The minimum Gasteiger partial charge on any atom is -0.484 e. The Labute approximate surface area is 163 Å². The van der Waals surface area contributed by atoms with Crippen LogP contribution in [0.15, 0.2) is 36.4 Å². The van der Waals surface area contributed by atoms with Crippen molar-refractivity contribution in [3.05, 3.63) is 58.1 Å². The molecule has 7 heteroatoms. The molecule has 0 spiro atoms. The van der Waals surface area contributed by atoms with E-state index in [0.29, 0.717) is 16.5 Å². The molecule has 0 aliphatic rings. The van der Waals surface area contributed by atoms with Gasteiger partial charge in [0, 0.05) is 5.02 Å². The first-order valence-corrected chi connectivity index (χ1v) is 8.85. The average molecular weight is 391 g/mol. The first kappa shape index (κ1) is 20.6. The summed E-state index contributed by atoms with van der Waals surface area (Å²) in [5.74, 6) is 0.150. The van der Waals surface area contributed by atoms with E-state index in [1.165, 1.54) is 0 Å². The smallest absolute Gasteiger partial charge is 0.279 e. The van der Waals surface area contributed by atoms with Crippen molar-refractivity contribution in [2.45, 2.75) is 33.8 Å². The van der Waals surface area contributed by atoms with Gasteiger partial charge >= 0.3 is 0 Å². The second-order valence-electron chi connectivity index (χ2n) is 6.27. The highest BCUT2D eigenvalue weighted by Crippen LogP contribution is 2.25. The summed E-state index contributed by atoms with van der Waals surface area (Å²) in [4.78, 5) is 23.9. The highest BCUT2D eigenvalue weighted by Gasteiger charge is 2.15. The fraction of sp³-hybridized carbons (Fsp3) is 0.300. The summed E-state index contributed by atoms with van der Waals surface area (Å²) >= 11 is 6.10. The lowest BCUT2D eigenvalue weighted by atomic mass is 10.1. The highest BCUT2D eigenvalue weighted by molar-refractivity contribution is 6.32. The minimum atomic E-state index is -0.768. The number of nitrogens with one attached hydrogen (secondary N) is 2. The molecule has 0 fully saturated rings. The number of amides is 2. The fourth-order valence-corrected chi connectivity index (χ4v) is 2.39. The monoisotopic (exact) mass is 390 g/mol. The standard InChI is InChI=1S/C20H23ClN2O4/c1-12-5-7-16(8-6-12)27-15(4)20(25)23-22-18(24)11-26-17-9-13(2)19(21)14(3)10-17/h5-10,15H,11H2,1-4H3,(H,22,24)(H,23,25). The van der Waals surface area contributed by atoms with Crippen LogP contribution >= 0.6 is 11.6 Å². The van der Waals surface area contributed by atoms with Gasteiger partial charge in [-0.05, 0) is 63.1 Å². The Morgan fingerprint density at radius 3 is 2.19 bits per heavy atom. The maximum Gasteiger partial charge on any atom is 0.279 e. The number of hydrogen-bond donors (Lipinski definition) is 2. The van der Waals surface area contributed by atoms with Gasteiger partial charge in [0.1, 0.15) is 11.5 Å². The molecule has 1 unspecified atom stereocenters. The third kappa shape index (κ3) is 6.18. The molecule has 0 saturated heterocycles. The van der Waals surface area contributed by atoms with Crippen molar-refractivity contribution in [3.8, 4) is 11.5 Å². The molecule has 0 bridgehead atoms. The first-order chi connectivity index (χ1) is 12.8. The predicted molar refractivity (Wildman–Crippen MR) is 104 cm³/mol. The van der Waals surface area contributed by atoms with E-state index in [9.17, 15) is 9.59 Å². The highest BCUT2D eigenvalue weighted by atomic mass is 35.5. The Bertz CT molecular complexity index is 798. The molecule has 6 nitrogen and oxygen atoms in total. The summed E-state index contributed by atoms with van der Waals surface area (Å²) in [5.41, 5.74) is 7.44. The normalized spacial score (nSPS) is 11.4. The van der Waals surface area contributed by atoms with Crippen LogP contribution in [-0.2, 0) is 9.59 Å². The summed E-state index contributed by atoms with van der Waals surface area (Å²) in [6.07, 6.45) is -0.768. The maximum atomic E-state index is 12.0. The first-order valence-electron chi connectivity index (χ1n) is 8.48. The van der Waals surface area contributed by atoms with E-state index in [0.717, 1.165) is 16.7 Å². The van der Waals surface area contributed by atoms with Crippen molar-refractivity contribution in [1.29, 1.82) is 0 Å². The zero-order valence-corrected chi connectivity index (χ0v) is 16.5. The summed E-state index contributed by atoms with van der Waals surface area (Å²) < 4.78 is 11.0. The van der Waals surface area contributed by atoms with Crippen LogP contribution in [-0.4, -0.2) is 24.5 Å². The third-order valence-corrected chi connectivity index (χ3v) is 4.40. The Morgan fingerprint density at radius 1 is 1.00 bits per heavy atom. The summed E-state index contributed by atoms with van der Waals surface area (Å²) in [6, 6.07) is 10.8. The van der Waals surface area contributed by atoms with Gasteiger partial charge in [0.05, 0.1) is 0 Å². The van der Waals surface area contributed by atoms with Crippen LogP contribution in [0.5, 0.6) is 11.5 Å². The number of benzene rings is 2. The van der Waals surface area contributed by atoms with Crippen molar-refractivity contribution in [1.82, 2.24) is 10.9 Å². The van der Waals surface area contributed by atoms with Crippen LogP contribution in [0, 0.1) is 20.8 Å². The van der Waals surface area contributed by atoms with Gasteiger partial charge in [0.15, 0.2) is 12.7 Å². The molecule has 2 rings (SSSR count). The molecule has 0 aliphatic carbocycles. The van der Waals surface area contributed by atoms with Crippen molar-refractivity contribution < 1.29 is 19.1 Å². The van der Waals surface area contributed by atoms with Crippen LogP contribution in [0.3, 0.4) is 0 Å². The molecule has 27 heavy (non-hydrogen) atoms. The summed E-state index contributed by atoms with van der Waals surface area (Å²) in [6.45, 7) is 7.03. The lowest BCUT2D eigenvalue weighted by molar-refractivity contribution is -0.133. The molecule has 0 heterocycles. The number of hydrazine groups is 1. The topological polar surface area (TPSA) is 76.7 Å². The lowest BCUT2D eigenvalue weighted by Gasteiger charge is -2.15. The Kier molecular flexibility index (Phi) is 7.07. The number of hydrogen-bond acceptors (Lipinski definition) is 4. The Hall–Kier alpha value is -2.73. The largest absolute Gasteiger partial charge is 0.484 e.